The largest absolute Gasteiger partial charge is 0.472 e. The number of carbonyl (C=O) groups excluding carboxylic acids is 1. The van der Waals surface area contributed by atoms with Crippen molar-refractivity contribution >= 4 is 5.91 Å². The lowest BCUT2D eigenvalue weighted by molar-refractivity contribution is 0.0732. The van der Waals surface area contributed by atoms with Crippen molar-refractivity contribution in [2.75, 3.05) is 19.8 Å². The van der Waals surface area contributed by atoms with Crippen LogP contribution >= 0.6 is 0 Å². The maximum atomic E-state index is 12.9. The molecule has 6 nitrogen and oxygen atoms in total. The predicted octanol–water partition coefficient (Wildman–Crippen LogP) is 2.55. The van der Waals surface area contributed by atoms with Gasteiger partial charge < -0.3 is 19.4 Å². The van der Waals surface area contributed by atoms with Crippen LogP contribution in [-0.2, 0) is 4.74 Å². The zero-order valence-corrected chi connectivity index (χ0v) is 13.5. The van der Waals surface area contributed by atoms with E-state index < -0.39 is 0 Å². The summed E-state index contributed by atoms with van der Waals surface area (Å²) in [6, 6.07) is 7.62. The van der Waals surface area contributed by atoms with Crippen molar-refractivity contribution in [1.82, 2.24) is 14.9 Å². The Morgan fingerprint density at radius 3 is 3.12 bits per heavy atom. The van der Waals surface area contributed by atoms with E-state index in [9.17, 15) is 4.79 Å². The number of hydrogen-bond donors (Lipinski definition) is 1. The van der Waals surface area contributed by atoms with Gasteiger partial charge in [-0.05, 0) is 31.0 Å². The topological polar surface area (TPSA) is 67.5 Å². The lowest BCUT2D eigenvalue weighted by atomic mass is 10.1. The summed E-state index contributed by atoms with van der Waals surface area (Å²) in [6.07, 6.45) is 6.43. The summed E-state index contributed by atoms with van der Waals surface area (Å²) < 4.78 is 11.1. The Morgan fingerprint density at radius 2 is 2.33 bits per heavy atom. The summed E-state index contributed by atoms with van der Waals surface area (Å²) in [5, 5.41) is 0. The van der Waals surface area contributed by atoms with E-state index in [4.69, 9.17) is 9.47 Å². The maximum Gasteiger partial charge on any atom is 0.254 e. The first kappa shape index (κ1) is 15.2. The average molecular weight is 327 g/mol. The fourth-order valence-corrected chi connectivity index (χ4v) is 3.43. The SMILES string of the molecule is O=C(c1ccnc(O[C@@H]2CCOC2)c1)N1CCC[C@@H]1c1ccc[nH]1. The number of nitrogens with zero attached hydrogens (tertiary/aromatic N) is 2. The van der Waals surface area contributed by atoms with Crippen molar-refractivity contribution in [1.29, 1.82) is 0 Å². The van der Waals surface area contributed by atoms with Gasteiger partial charge in [-0.3, -0.25) is 4.79 Å². The van der Waals surface area contributed by atoms with Crippen molar-refractivity contribution in [2.24, 2.45) is 0 Å². The minimum absolute atomic E-state index is 0.0290. The second-order valence-electron chi connectivity index (χ2n) is 6.27. The van der Waals surface area contributed by atoms with Crippen LogP contribution in [0.3, 0.4) is 0 Å². The smallest absolute Gasteiger partial charge is 0.254 e. The van der Waals surface area contributed by atoms with Crippen LogP contribution in [0.4, 0.5) is 0 Å². The Bertz CT molecular complexity index is 695. The van der Waals surface area contributed by atoms with Gasteiger partial charge in [0.2, 0.25) is 5.88 Å². The van der Waals surface area contributed by atoms with E-state index >= 15 is 0 Å². The summed E-state index contributed by atoms with van der Waals surface area (Å²) in [5.41, 5.74) is 1.71. The number of amides is 1. The number of rotatable bonds is 4. The second kappa shape index (κ2) is 6.65. The molecule has 126 valence electrons. The first-order valence-electron chi connectivity index (χ1n) is 8.46. The van der Waals surface area contributed by atoms with Crippen molar-refractivity contribution in [3.63, 3.8) is 0 Å². The molecule has 6 heteroatoms. The molecule has 24 heavy (non-hydrogen) atoms. The molecular formula is C18H21N3O3. The number of H-pyrrole nitrogens is 1. The lowest BCUT2D eigenvalue weighted by Crippen LogP contribution is -2.30. The molecule has 1 amide bonds. The van der Waals surface area contributed by atoms with Crippen LogP contribution in [0.2, 0.25) is 0 Å². The minimum atomic E-state index is 0.0290. The van der Waals surface area contributed by atoms with Gasteiger partial charge in [-0.15, -0.1) is 0 Å². The van der Waals surface area contributed by atoms with Crippen molar-refractivity contribution in [3.8, 4) is 5.88 Å². The molecule has 2 atom stereocenters. The number of aromatic nitrogens is 2. The van der Waals surface area contributed by atoms with Crippen LogP contribution in [-0.4, -0.2) is 46.6 Å². The Balaban J connectivity index is 1.51. The summed E-state index contributed by atoms with van der Waals surface area (Å²) in [7, 11) is 0. The van der Waals surface area contributed by atoms with E-state index in [1.54, 1.807) is 18.3 Å². The quantitative estimate of drug-likeness (QED) is 0.937. The van der Waals surface area contributed by atoms with Crippen LogP contribution in [0.5, 0.6) is 5.88 Å². The summed E-state index contributed by atoms with van der Waals surface area (Å²) in [4.78, 5) is 22.3. The summed E-state index contributed by atoms with van der Waals surface area (Å²) in [6.45, 7) is 2.08. The number of carbonyl (C=O) groups is 1. The van der Waals surface area contributed by atoms with Crippen molar-refractivity contribution in [3.05, 3.63) is 47.9 Å². The fraction of sp³-hybridized carbons (Fsp3) is 0.444. The predicted molar refractivity (Wildman–Crippen MR) is 87.9 cm³/mol. The molecule has 4 rings (SSSR count). The van der Waals surface area contributed by atoms with E-state index in [0.717, 1.165) is 38.1 Å². The van der Waals surface area contributed by atoms with Gasteiger partial charge in [0.25, 0.3) is 5.91 Å². The molecule has 2 aliphatic heterocycles. The standard InChI is InChI=1S/C18H21N3O3/c22-18(21-9-2-4-16(21)15-3-1-7-19-15)13-5-8-20-17(11-13)24-14-6-10-23-12-14/h1,3,5,7-8,11,14,16,19H,2,4,6,9-10,12H2/t14-,16-/m1/s1. The third-order valence-corrected chi connectivity index (χ3v) is 4.65. The monoisotopic (exact) mass is 327 g/mol. The number of ether oxygens (including phenoxy) is 2. The molecule has 0 radical (unpaired) electrons. The molecule has 0 aromatic carbocycles. The van der Waals surface area contributed by atoms with Gasteiger partial charge >= 0.3 is 0 Å². The Hall–Kier alpha value is -2.34. The van der Waals surface area contributed by atoms with E-state index in [2.05, 4.69) is 9.97 Å². The minimum Gasteiger partial charge on any atom is -0.472 e. The van der Waals surface area contributed by atoms with E-state index in [-0.39, 0.29) is 18.1 Å². The molecule has 0 bridgehead atoms. The van der Waals surface area contributed by atoms with E-state index in [0.29, 0.717) is 18.1 Å². The van der Waals surface area contributed by atoms with Gasteiger partial charge in [-0.25, -0.2) is 4.98 Å². The van der Waals surface area contributed by atoms with E-state index in [1.165, 1.54) is 0 Å². The van der Waals surface area contributed by atoms with E-state index in [1.807, 2.05) is 23.2 Å². The normalized spacial score (nSPS) is 23.6. The Kier molecular flexibility index (Phi) is 4.21. The fourth-order valence-electron chi connectivity index (χ4n) is 3.43. The Morgan fingerprint density at radius 1 is 1.38 bits per heavy atom. The molecule has 2 fully saturated rings. The Labute approximate surface area is 140 Å². The highest BCUT2D eigenvalue weighted by Crippen LogP contribution is 2.32. The molecular weight excluding hydrogens is 306 g/mol. The number of aromatic amines is 1. The highest BCUT2D eigenvalue weighted by atomic mass is 16.5. The summed E-state index contributed by atoms with van der Waals surface area (Å²) in [5.74, 6) is 0.522. The van der Waals surface area contributed by atoms with Crippen LogP contribution in [0, 0.1) is 0 Å². The third kappa shape index (κ3) is 3.01. The van der Waals surface area contributed by atoms with Crippen LogP contribution in [0.25, 0.3) is 0 Å². The third-order valence-electron chi connectivity index (χ3n) is 4.65. The van der Waals surface area contributed by atoms with Crippen LogP contribution in [0.1, 0.15) is 41.4 Å². The number of pyridine rings is 1. The molecule has 1 N–H and O–H groups in total. The van der Waals surface area contributed by atoms with Gasteiger partial charge in [0.1, 0.15) is 6.10 Å². The molecule has 0 unspecified atom stereocenters. The molecule has 2 saturated heterocycles. The molecule has 2 aliphatic rings. The van der Waals surface area contributed by atoms with Crippen molar-refractivity contribution < 1.29 is 14.3 Å². The highest BCUT2D eigenvalue weighted by molar-refractivity contribution is 5.94. The molecule has 0 spiro atoms. The van der Waals surface area contributed by atoms with Gasteiger partial charge in [0.15, 0.2) is 0 Å². The second-order valence-corrected chi connectivity index (χ2v) is 6.27. The molecule has 2 aromatic rings. The highest BCUT2D eigenvalue weighted by Gasteiger charge is 2.31. The lowest BCUT2D eigenvalue weighted by Gasteiger charge is -2.24. The molecule has 4 heterocycles. The first-order chi connectivity index (χ1) is 11.8. The van der Waals surface area contributed by atoms with Crippen LogP contribution < -0.4 is 4.74 Å². The van der Waals surface area contributed by atoms with Gasteiger partial charge in [0.05, 0.1) is 19.3 Å². The van der Waals surface area contributed by atoms with Crippen molar-refractivity contribution in [2.45, 2.75) is 31.4 Å². The van der Waals surface area contributed by atoms with Gasteiger partial charge in [0, 0.05) is 42.7 Å². The molecule has 2 aromatic heterocycles. The number of nitrogens with one attached hydrogen (secondary N) is 1. The van der Waals surface area contributed by atoms with Gasteiger partial charge in [-0.2, -0.15) is 0 Å². The summed E-state index contributed by atoms with van der Waals surface area (Å²) >= 11 is 0. The van der Waals surface area contributed by atoms with Crippen LogP contribution in [0.15, 0.2) is 36.7 Å². The number of hydrogen-bond acceptors (Lipinski definition) is 4. The molecule has 0 aliphatic carbocycles. The zero-order chi connectivity index (χ0) is 16.4. The zero-order valence-electron chi connectivity index (χ0n) is 13.5. The average Bonchev–Trinajstić information content (AvgIpc) is 3.35. The maximum absolute atomic E-state index is 12.9. The van der Waals surface area contributed by atoms with Gasteiger partial charge in [-0.1, -0.05) is 0 Å². The number of likely N-dealkylation sites (tertiary alicyclic amines) is 1. The first-order valence-corrected chi connectivity index (χ1v) is 8.46. The molecule has 0 saturated carbocycles.